The molecule has 12 rings (SSSR count). The van der Waals surface area contributed by atoms with Crippen LogP contribution in [0.2, 0.25) is 0 Å². The summed E-state index contributed by atoms with van der Waals surface area (Å²) in [5.41, 5.74) is 0.551. The maximum Gasteiger partial charge on any atom is 0.249 e. The molecule has 4 N–H and O–H groups in total. The number of hydrogen-bond acceptors (Lipinski definition) is 14. The highest BCUT2D eigenvalue weighted by Gasteiger charge is 2.69. The van der Waals surface area contributed by atoms with Gasteiger partial charge in [0.2, 0.25) is 11.6 Å². The quantitative estimate of drug-likeness (QED) is 0.261. The van der Waals surface area contributed by atoms with Crippen molar-refractivity contribution in [3.05, 3.63) is 12.2 Å². The topological polar surface area (TPSA) is 193 Å². The molecule has 61 heavy (non-hydrogen) atoms. The van der Waals surface area contributed by atoms with E-state index in [1.165, 1.54) is 0 Å². The van der Waals surface area contributed by atoms with Gasteiger partial charge in [0, 0.05) is 82.8 Å². The van der Waals surface area contributed by atoms with Crippen LogP contribution in [-0.4, -0.2) is 150 Å². The summed E-state index contributed by atoms with van der Waals surface area (Å²) in [4.78, 5) is 32.8. The minimum Gasteiger partial charge on any atom is -0.393 e. The minimum atomic E-state index is -1.66. The lowest BCUT2D eigenvalue weighted by atomic mass is 9.60. The van der Waals surface area contributed by atoms with Gasteiger partial charge in [0.15, 0.2) is 5.79 Å². The smallest absolute Gasteiger partial charge is 0.249 e. The van der Waals surface area contributed by atoms with E-state index in [2.05, 4.69) is 18.8 Å². The second kappa shape index (κ2) is 16.8. The number of aliphatic hydroxyl groups excluding tert-OH is 2. The van der Waals surface area contributed by atoms with Crippen LogP contribution in [-0.2, 0) is 47.5 Å². The lowest BCUT2D eigenvalue weighted by molar-refractivity contribution is -0.396. The highest BCUT2D eigenvalue weighted by atomic mass is 16.7. The number of methoxy groups -OCH3 is 2. The number of aliphatic imine (C=N–C) groups is 1. The monoisotopic (exact) mass is 856 g/mol. The molecular weight excluding hydrogens is 789 g/mol. The van der Waals surface area contributed by atoms with Gasteiger partial charge in [-0.1, -0.05) is 13.5 Å². The van der Waals surface area contributed by atoms with Crippen LogP contribution in [0.15, 0.2) is 17.1 Å². The molecule has 12 aliphatic rings. The summed E-state index contributed by atoms with van der Waals surface area (Å²) >= 11 is 0. The fraction of sp³-hybridized carbons (Fsp3) is 0.891. The van der Waals surface area contributed by atoms with Crippen LogP contribution in [0.5, 0.6) is 0 Å². The van der Waals surface area contributed by atoms with Gasteiger partial charge in [0.05, 0.1) is 67.1 Å². The molecule has 1 amide bonds. The van der Waals surface area contributed by atoms with E-state index in [0.29, 0.717) is 44.9 Å². The zero-order valence-corrected chi connectivity index (χ0v) is 36.1. The molecule has 0 aromatic heterocycles. The zero-order valence-electron chi connectivity index (χ0n) is 36.1. The Kier molecular flexibility index (Phi) is 11.9. The van der Waals surface area contributed by atoms with Crippen LogP contribution >= 0.6 is 0 Å². The van der Waals surface area contributed by atoms with Gasteiger partial charge in [0.1, 0.15) is 24.1 Å². The first-order chi connectivity index (χ1) is 29.3. The minimum absolute atomic E-state index is 0.0110. The molecule has 7 saturated heterocycles. The van der Waals surface area contributed by atoms with Crippen LogP contribution in [0.25, 0.3) is 0 Å². The van der Waals surface area contributed by atoms with E-state index in [4.69, 9.17) is 42.9 Å². The lowest BCUT2D eigenvalue weighted by Crippen LogP contribution is -2.75. The van der Waals surface area contributed by atoms with Gasteiger partial charge in [-0.15, -0.1) is 0 Å². The summed E-state index contributed by atoms with van der Waals surface area (Å²) < 4.78 is 54.1. The molecule has 12 bridgehead atoms. The number of nitrogens with zero attached hydrogens (tertiary/aromatic N) is 1. The van der Waals surface area contributed by atoms with Crippen molar-refractivity contribution in [1.82, 2.24) is 5.32 Å². The highest BCUT2D eigenvalue weighted by Crippen LogP contribution is 2.58. The fourth-order valence-corrected chi connectivity index (χ4v) is 12.9. The van der Waals surface area contributed by atoms with Gasteiger partial charge < -0.3 is 58.5 Å². The number of ether oxygens (including phenoxy) is 8. The van der Waals surface area contributed by atoms with Gasteiger partial charge in [-0.05, 0) is 81.6 Å². The van der Waals surface area contributed by atoms with Crippen LogP contribution in [0.3, 0.4) is 0 Å². The third-order valence-electron chi connectivity index (χ3n) is 16.4. The Bertz CT molecular complexity index is 1710. The molecule has 1 spiro atoms. The summed E-state index contributed by atoms with van der Waals surface area (Å²) in [7, 11) is 3.26. The molecule has 15 heteroatoms. The van der Waals surface area contributed by atoms with Crippen LogP contribution < -0.4 is 5.32 Å². The average Bonchev–Trinajstić information content (AvgIpc) is 3.93. The van der Waals surface area contributed by atoms with Crippen molar-refractivity contribution in [2.45, 2.75) is 207 Å². The number of ketones is 1. The molecule has 340 valence electrons. The third kappa shape index (κ3) is 8.12. The molecule has 10 aliphatic heterocycles. The molecule has 0 aromatic rings. The number of Topliss-reactive ketones (excluding diaryl/α,β-unsaturated/α-hetero) is 1. The second-order valence-corrected chi connectivity index (χ2v) is 20.5. The Morgan fingerprint density at radius 2 is 1.72 bits per heavy atom. The van der Waals surface area contributed by atoms with E-state index in [9.17, 15) is 24.9 Å². The molecule has 2 saturated carbocycles. The number of nitrogens with one attached hydrogen (secondary N) is 1. The van der Waals surface area contributed by atoms with E-state index >= 15 is 0 Å². The molecule has 9 fully saturated rings. The van der Waals surface area contributed by atoms with Crippen molar-refractivity contribution in [2.75, 3.05) is 20.8 Å². The maximum atomic E-state index is 14.4. The van der Waals surface area contributed by atoms with Gasteiger partial charge in [-0.2, -0.15) is 0 Å². The highest BCUT2D eigenvalue weighted by molar-refractivity contribution is 5.92. The number of carbonyl (C=O) groups excluding carboxylic acids is 2. The Balaban J connectivity index is 1.01. The van der Waals surface area contributed by atoms with Crippen LogP contribution in [0, 0.1) is 29.6 Å². The van der Waals surface area contributed by atoms with Crippen molar-refractivity contribution < 1.29 is 62.8 Å². The Hall–Kier alpha value is -1.89. The average molecular weight is 857 g/mol. The van der Waals surface area contributed by atoms with Gasteiger partial charge in [-0.3, -0.25) is 14.6 Å². The number of carbonyl (C=O) groups is 2. The fourth-order valence-electron chi connectivity index (χ4n) is 12.9. The van der Waals surface area contributed by atoms with Crippen LogP contribution in [0.1, 0.15) is 110 Å². The first-order valence-corrected chi connectivity index (χ1v) is 23.5. The molecule has 10 heterocycles. The van der Waals surface area contributed by atoms with E-state index in [1.807, 2.05) is 0 Å². The lowest BCUT2D eigenvalue weighted by Gasteiger charge is -2.64. The summed E-state index contributed by atoms with van der Waals surface area (Å²) in [6.45, 7) is 6.80. The molecule has 15 nitrogen and oxygen atoms in total. The van der Waals surface area contributed by atoms with E-state index < -0.39 is 78.5 Å². The first kappa shape index (κ1) is 43.0. The summed E-state index contributed by atoms with van der Waals surface area (Å²) in [5, 5.41) is 37.3. The van der Waals surface area contributed by atoms with Gasteiger partial charge in [-0.25, -0.2) is 0 Å². The summed E-state index contributed by atoms with van der Waals surface area (Å²) in [6, 6.07) is 0. The number of amides is 1. The molecular formula is C46H68N2O13. The summed E-state index contributed by atoms with van der Waals surface area (Å²) in [6.07, 6.45) is 2.33. The first-order valence-electron chi connectivity index (χ1n) is 23.5. The molecule has 0 radical (unpaired) electrons. The molecule has 20 atom stereocenters. The largest absolute Gasteiger partial charge is 0.393 e. The number of rotatable bonds is 8. The van der Waals surface area contributed by atoms with Crippen molar-refractivity contribution in [1.29, 1.82) is 0 Å². The Morgan fingerprint density at radius 3 is 2.51 bits per heavy atom. The zero-order chi connectivity index (χ0) is 42.4. The third-order valence-corrected chi connectivity index (χ3v) is 16.4. The van der Waals surface area contributed by atoms with Crippen molar-refractivity contribution in [2.24, 2.45) is 34.6 Å². The van der Waals surface area contributed by atoms with E-state index in [0.717, 1.165) is 43.4 Å². The Labute approximate surface area is 358 Å². The predicted molar refractivity (Wildman–Crippen MR) is 217 cm³/mol. The molecule has 0 aromatic carbocycles. The maximum absolute atomic E-state index is 14.4. The normalized spacial score (nSPS) is 49.2. The van der Waals surface area contributed by atoms with Crippen molar-refractivity contribution in [3.8, 4) is 0 Å². The SMILES string of the molecule is C=C1C[C@@H]2CC[C@@]3(O)C[C@@H](O)[C@@H]4CC5[C@H]4O[C@H]4CC[C@@H]6CC(=O)C[C@@H]7[C@@H](OC)[C@@H](C[C@@H](CNC(=O)C(O)C8CC8)OC)O[C@H]7C[C@H]7O[C@@H](CC[C@@H]1O2)C[C@@H](C)C7=N[C@@]4(O6)[C@@H]5O3. The number of fused-ring (bicyclic) bond motifs is 6. The predicted octanol–water partition coefficient (Wildman–Crippen LogP) is 3.07. The second-order valence-electron chi connectivity index (χ2n) is 20.5. The van der Waals surface area contributed by atoms with Crippen molar-refractivity contribution in [3.63, 3.8) is 0 Å². The van der Waals surface area contributed by atoms with Crippen LogP contribution in [0.4, 0.5) is 0 Å². The number of aliphatic hydroxyl groups is 3. The van der Waals surface area contributed by atoms with E-state index in [1.54, 1.807) is 14.2 Å². The summed E-state index contributed by atoms with van der Waals surface area (Å²) in [5.74, 6) is -2.61. The van der Waals surface area contributed by atoms with Gasteiger partial charge in [0.25, 0.3) is 0 Å². The molecule has 2 aliphatic carbocycles. The Morgan fingerprint density at radius 1 is 0.918 bits per heavy atom. The van der Waals surface area contributed by atoms with Gasteiger partial charge >= 0.3 is 0 Å². The van der Waals surface area contributed by atoms with E-state index in [-0.39, 0.29) is 92.0 Å². The number of hydrogen-bond donors (Lipinski definition) is 4. The molecule has 2 unspecified atom stereocenters. The standard InChI is InChI=1S/C46H68N2O13/c1-22-13-27-11-12-45(53)20-33(50)30-18-32-41(30)59-38-10-8-28-15-25(49)16-31-35(58-37(42(31)55-4)17-29(54-3)21-47-44(52)40(51)24-5-6-24)19-36-39(48-46(38,60-28)43(32)61-45)23(2)14-26(57-36)7-9-34(22)56-27/h23-24,26-38,40-43,50-51,53H,1,5-21H2,2-4H3,(H,47,52)/t23-,26+,27+,28-,29+,30+,31+,32?,33-,34+,35+,36-,37-,38+,40?,41+,42-,43-,45+,46+/m1/s1. The van der Waals surface area contributed by atoms with Crippen molar-refractivity contribution >= 4 is 17.4 Å².